The lowest BCUT2D eigenvalue weighted by Crippen LogP contribution is -2.00. The minimum absolute atomic E-state index is 0.611. The summed E-state index contributed by atoms with van der Waals surface area (Å²) in [4.78, 5) is 0. The Labute approximate surface area is 155 Å². The van der Waals surface area contributed by atoms with Crippen molar-refractivity contribution in [2.75, 3.05) is 24.3 Å². The zero-order valence-corrected chi connectivity index (χ0v) is 15.5. The molecule has 0 atom stereocenters. The molecule has 2 aromatic carbocycles. The third-order valence-electron chi connectivity index (χ3n) is 3.14. The van der Waals surface area contributed by atoms with Gasteiger partial charge in [-0.3, -0.25) is 0 Å². The first-order valence-electron chi connectivity index (χ1n) is 7.97. The largest absolute Gasteiger partial charge is 0.494 e. The molecule has 25 heavy (non-hydrogen) atoms. The van der Waals surface area contributed by atoms with Gasteiger partial charge in [0.25, 0.3) is 0 Å². The number of thioether (sulfide) groups is 1. The number of ether oxygens (including phenoxy) is 2. The van der Waals surface area contributed by atoms with Gasteiger partial charge in [0, 0.05) is 11.4 Å². The van der Waals surface area contributed by atoms with Crippen LogP contribution in [-0.2, 0) is 0 Å². The molecule has 1 aromatic heterocycles. The highest BCUT2D eigenvalue weighted by Gasteiger charge is 2.05. The van der Waals surface area contributed by atoms with Crippen molar-refractivity contribution in [2.45, 2.75) is 11.3 Å². The standard InChI is InChI=1S/C18H19N3O2S2/c1-2-22-15-8-10-16(11-9-15)23-12-13-24-18-21-20-17(25-18)19-14-6-4-3-5-7-14/h3-11H,2,12-13H2,1H3,(H,19,20). The molecule has 0 unspecified atom stereocenters. The van der Waals surface area contributed by atoms with Crippen LogP contribution in [-0.4, -0.2) is 29.2 Å². The van der Waals surface area contributed by atoms with Crippen molar-refractivity contribution in [3.05, 3.63) is 54.6 Å². The fourth-order valence-electron chi connectivity index (χ4n) is 2.05. The molecule has 5 nitrogen and oxygen atoms in total. The van der Waals surface area contributed by atoms with Crippen LogP contribution in [0.15, 0.2) is 58.9 Å². The summed E-state index contributed by atoms with van der Waals surface area (Å²) in [7, 11) is 0. The lowest BCUT2D eigenvalue weighted by atomic mass is 10.3. The predicted molar refractivity (Wildman–Crippen MR) is 103 cm³/mol. The Morgan fingerprint density at radius 3 is 2.40 bits per heavy atom. The van der Waals surface area contributed by atoms with Crippen molar-refractivity contribution in [1.29, 1.82) is 0 Å². The van der Waals surface area contributed by atoms with Crippen LogP contribution in [0.2, 0.25) is 0 Å². The number of aromatic nitrogens is 2. The first-order chi connectivity index (χ1) is 12.3. The van der Waals surface area contributed by atoms with E-state index in [0.29, 0.717) is 13.2 Å². The van der Waals surface area contributed by atoms with E-state index in [1.165, 1.54) is 11.3 Å². The lowest BCUT2D eigenvalue weighted by Gasteiger charge is -2.06. The van der Waals surface area contributed by atoms with Crippen LogP contribution >= 0.6 is 23.1 Å². The van der Waals surface area contributed by atoms with Crippen LogP contribution in [0.25, 0.3) is 0 Å². The quantitative estimate of drug-likeness (QED) is 0.427. The molecule has 0 spiro atoms. The third kappa shape index (κ3) is 5.65. The van der Waals surface area contributed by atoms with Gasteiger partial charge < -0.3 is 14.8 Å². The van der Waals surface area contributed by atoms with E-state index in [1.807, 2.05) is 61.5 Å². The first kappa shape index (κ1) is 17.6. The van der Waals surface area contributed by atoms with Crippen LogP contribution in [0.5, 0.6) is 11.5 Å². The van der Waals surface area contributed by atoms with Crippen molar-refractivity contribution in [1.82, 2.24) is 10.2 Å². The predicted octanol–water partition coefficient (Wildman–Crippen LogP) is 4.85. The Hall–Kier alpha value is -2.25. The third-order valence-corrected chi connectivity index (χ3v) is 5.08. The summed E-state index contributed by atoms with van der Waals surface area (Å²) in [5, 5.41) is 12.4. The summed E-state index contributed by atoms with van der Waals surface area (Å²) in [6, 6.07) is 17.6. The Balaban J connectivity index is 1.40. The summed E-state index contributed by atoms with van der Waals surface area (Å²) in [6.45, 7) is 3.25. The van der Waals surface area contributed by atoms with Crippen molar-refractivity contribution < 1.29 is 9.47 Å². The molecule has 1 heterocycles. The highest BCUT2D eigenvalue weighted by atomic mass is 32.2. The van der Waals surface area contributed by atoms with Crippen molar-refractivity contribution >= 4 is 33.9 Å². The summed E-state index contributed by atoms with van der Waals surface area (Å²) in [6.07, 6.45) is 0. The van der Waals surface area contributed by atoms with E-state index in [9.17, 15) is 0 Å². The Bertz CT molecular complexity index is 764. The molecule has 0 fully saturated rings. The van der Waals surface area contributed by atoms with E-state index >= 15 is 0 Å². The Morgan fingerprint density at radius 1 is 0.960 bits per heavy atom. The summed E-state index contributed by atoms with van der Waals surface area (Å²) in [5.41, 5.74) is 1.01. The molecule has 0 bridgehead atoms. The van der Waals surface area contributed by atoms with Crippen LogP contribution in [0.1, 0.15) is 6.92 Å². The minimum Gasteiger partial charge on any atom is -0.494 e. The monoisotopic (exact) mass is 373 g/mol. The normalized spacial score (nSPS) is 10.4. The molecule has 3 rings (SSSR count). The molecule has 3 aromatic rings. The van der Waals surface area contributed by atoms with E-state index < -0.39 is 0 Å². The van der Waals surface area contributed by atoms with E-state index in [2.05, 4.69) is 15.5 Å². The highest BCUT2D eigenvalue weighted by Crippen LogP contribution is 2.27. The van der Waals surface area contributed by atoms with Gasteiger partial charge in [-0.2, -0.15) is 0 Å². The number of hydrogen-bond donors (Lipinski definition) is 1. The SMILES string of the molecule is CCOc1ccc(OCCSc2nnc(Nc3ccccc3)s2)cc1. The van der Waals surface area contributed by atoms with Crippen LogP contribution < -0.4 is 14.8 Å². The molecule has 130 valence electrons. The Kier molecular flexibility index (Phi) is 6.53. The fraction of sp³-hybridized carbons (Fsp3) is 0.222. The van der Waals surface area contributed by atoms with Crippen molar-refractivity contribution in [3.8, 4) is 11.5 Å². The second-order valence-electron chi connectivity index (χ2n) is 4.97. The fourth-order valence-corrected chi connectivity index (χ4v) is 3.71. The van der Waals surface area contributed by atoms with Crippen LogP contribution in [0.3, 0.4) is 0 Å². The number of rotatable bonds is 9. The molecule has 0 saturated heterocycles. The molecule has 0 saturated carbocycles. The molecule has 0 aliphatic heterocycles. The van der Waals surface area contributed by atoms with Crippen molar-refractivity contribution in [2.24, 2.45) is 0 Å². The van der Waals surface area contributed by atoms with Gasteiger partial charge >= 0.3 is 0 Å². The zero-order valence-electron chi connectivity index (χ0n) is 13.8. The highest BCUT2D eigenvalue weighted by molar-refractivity contribution is 8.01. The summed E-state index contributed by atoms with van der Waals surface area (Å²) >= 11 is 3.18. The van der Waals surface area contributed by atoms with Gasteiger partial charge in [-0.1, -0.05) is 41.3 Å². The number of nitrogens with zero attached hydrogens (tertiary/aromatic N) is 2. The maximum atomic E-state index is 5.73. The van der Waals surface area contributed by atoms with E-state index in [4.69, 9.17) is 9.47 Å². The van der Waals surface area contributed by atoms with E-state index in [-0.39, 0.29) is 0 Å². The van der Waals surface area contributed by atoms with Gasteiger partial charge in [-0.25, -0.2) is 0 Å². The average molecular weight is 374 g/mol. The maximum Gasteiger partial charge on any atom is 0.210 e. The minimum atomic E-state index is 0.611. The smallest absolute Gasteiger partial charge is 0.210 e. The van der Waals surface area contributed by atoms with Crippen LogP contribution in [0, 0.1) is 0 Å². The Morgan fingerprint density at radius 2 is 1.68 bits per heavy atom. The molecular formula is C18H19N3O2S2. The molecule has 7 heteroatoms. The van der Waals surface area contributed by atoms with E-state index in [0.717, 1.165) is 32.4 Å². The molecule has 0 amide bonds. The number of hydrogen-bond acceptors (Lipinski definition) is 7. The number of nitrogens with one attached hydrogen (secondary N) is 1. The molecule has 0 radical (unpaired) electrons. The molecular weight excluding hydrogens is 354 g/mol. The van der Waals surface area contributed by atoms with Crippen molar-refractivity contribution in [3.63, 3.8) is 0 Å². The zero-order chi connectivity index (χ0) is 17.3. The molecule has 1 N–H and O–H groups in total. The van der Waals surface area contributed by atoms with Gasteiger partial charge in [0.2, 0.25) is 5.13 Å². The number of benzene rings is 2. The summed E-state index contributed by atoms with van der Waals surface area (Å²) < 4.78 is 12.1. The first-order valence-corrected chi connectivity index (χ1v) is 9.78. The van der Waals surface area contributed by atoms with E-state index in [1.54, 1.807) is 11.8 Å². The lowest BCUT2D eigenvalue weighted by molar-refractivity contribution is 0.332. The van der Waals surface area contributed by atoms with Gasteiger partial charge in [0.15, 0.2) is 4.34 Å². The molecule has 0 aliphatic rings. The second kappa shape index (κ2) is 9.29. The molecule has 0 aliphatic carbocycles. The number of anilines is 2. The maximum absolute atomic E-state index is 5.73. The summed E-state index contributed by atoms with van der Waals surface area (Å²) in [5.74, 6) is 2.51. The second-order valence-corrected chi connectivity index (χ2v) is 7.29. The van der Waals surface area contributed by atoms with Gasteiger partial charge in [-0.15, -0.1) is 10.2 Å². The topological polar surface area (TPSA) is 56.3 Å². The van der Waals surface area contributed by atoms with Gasteiger partial charge in [0.05, 0.1) is 13.2 Å². The van der Waals surface area contributed by atoms with Gasteiger partial charge in [-0.05, 0) is 43.3 Å². The van der Waals surface area contributed by atoms with Gasteiger partial charge in [0.1, 0.15) is 11.5 Å². The van der Waals surface area contributed by atoms with Crippen LogP contribution in [0.4, 0.5) is 10.8 Å². The average Bonchev–Trinajstić information content (AvgIpc) is 3.08. The number of para-hydroxylation sites is 1.